The van der Waals surface area contributed by atoms with E-state index in [1.165, 1.54) is 0 Å². The second-order valence-electron chi connectivity index (χ2n) is 5.31. The van der Waals surface area contributed by atoms with Crippen LogP contribution in [0.2, 0.25) is 0 Å². The van der Waals surface area contributed by atoms with Gasteiger partial charge in [0.15, 0.2) is 0 Å². The average molecular weight is 248 g/mol. The van der Waals surface area contributed by atoms with Gasteiger partial charge < -0.3 is 9.84 Å². The first-order valence-electron chi connectivity index (χ1n) is 6.43. The second kappa shape index (κ2) is 4.63. The SMILES string of the molecule is CCC[C@@H]1c2cc(OC)ccc2C[C@]1(C)C(=O)O. The monoisotopic (exact) mass is 248 g/mol. The van der Waals surface area contributed by atoms with Crippen LogP contribution in [-0.4, -0.2) is 18.2 Å². The minimum absolute atomic E-state index is 0.0881. The predicted octanol–water partition coefficient (Wildman–Crippen LogP) is 3.23. The summed E-state index contributed by atoms with van der Waals surface area (Å²) in [7, 11) is 1.64. The Labute approximate surface area is 108 Å². The number of ether oxygens (including phenoxy) is 1. The molecule has 0 saturated carbocycles. The highest BCUT2D eigenvalue weighted by Crippen LogP contribution is 2.50. The highest BCUT2D eigenvalue weighted by Gasteiger charge is 2.47. The van der Waals surface area contributed by atoms with Crippen LogP contribution in [0.25, 0.3) is 0 Å². The summed E-state index contributed by atoms with van der Waals surface area (Å²) in [4.78, 5) is 11.6. The number of benzene rings is 1. The lowest BCUT2D eigenvalue weighted by Gasteiger charge is -2.27. The summed E-state index contributed by atoms with van der Waals surface area (Å²) >= 11 is 0. The van der Waals surface area contributed by atoms with E-state index in [9.17, 15) is 9.90 Å². The Hall–Kier alpha value is -1.51. The Morgan fingerprint density at radius 3 is 2.83 bits per heavy atom. The Balaban J connectivity index is 2.47. The molecular weight excluding hydrogens is 228 g/mol. The lowest BCUT2D eigenvalue weighted by atomic mass is 9.75. The lowest BCUT2D eigenvalue weighted by Crippen LogP contribution is -2.32. The van der Waals surface area contributed by atoms with E-state index in [2.05, 4.69) is 6.92 Å². The second-order valence-corrected chi connectivity index (χ2v) is 5.31. The summed E-state index contributed by atoms with van der Waals surface area (Å²) in [6.45, 7) is 3.96. The number of hydrogen-bond acceptors (Lipinski definition) is 2. The van der Waals surface area contributed by atoms with Crippen LogP contribution in [0.5, 0.6) is 5.75 Å². The van der Waals surface area contributed by atoms with Gasteiger partial charge >= 0.3 is 5.97 Å². The maximum absolute atomic E-state index is 11.6. The molecule has 1 aliphatic rings. The zero-order valence-electron chi connectivity index (χ0n) is 11.2. The van der Waals surface area contributed by atoms with Crippen molar-refractivity contribution in [2.24, 2.45) is 5.41 Å². The molecule has 1 aromatic rings. The fraction of sp³-hybridized carbons (Fsp3) is 0.533. The molecule has 0 amide bonds. The summed E-state index contributed by atoms with van der Waals surface area (Å²) in [6.07, 6.45) is 2.51. The standard InChI is InChI=1S/C15H20O3/c1-4-5-13-12-8-11(18-3)7-6-10(12)9-15(13,2)14(16)17/h6-8,13H,4-5,9H2,1-3H3,(H,16,17)/t13-,15+/m1/s1. The summed E-state index contributed by atoms with van der Waals surface area (Å²) < 4.78 is 5.25. The molecule has 3 heteroatoms. The molecule has 1 aromatic carbocycles. The Morgan fingerprint density at radius 1 is 1.56 bits per heavy atom. The molecule has 0 spiro atoms. The molecule has 0 saturated heterocycles. The zero-order valence-corrected chi connectivity index (χ0v) is 11.2. The van der Waals surface area contributed by atoms with Crippen LogP contribution in [0.4, 0.5) is 0 Å². The van der Waals surface area contributed by atoms with Crippen LogP contribution in [0.15, 0.2) is 18.2 Å². The largest absolute Gasteiger partial charge is 0.497 e. The van der Waals surface area contributed by atoms with E-state index in [-0.39, 0.29) is 5.92 Å². The van der Waals surface area contributed by atoms with Gasteiger partial charge in [0.05, 0.1) is 12.5 Å². The molecule has 2 rings (SSSR count). The van der Waals surface area contributed by atoms with Crippen molar-refractivity contribution >= 4 is 5.97 Å². The van der Waals surface area contributed by atoms with Gasteiger partial charge in [-0.1, -0.05) is 19.4 Å². The molecule has 1 N–H and O–H groups in total. The summed E-state index contributed by atoms with van der Waals surface area (Å²) in [5.74, 6) is 0.200. The van der Waals surface area contributed by atoms with Crippen LogP contribution in [0, 0.1) is 5.41 Å². The van der Waals surface area contributed by atoms with E-state index in [1.807, 2.05) is 25.1 Å². The molecule has 0 heterocycles. The average Bonchev–Trinajstić information content (AvgIpc) is 2.63. The number of carbonyl (C=O) groups is 1. The molecule has 0 aromatic heterocycles. The maximum atomic E-state index is 11.6. The quantitative estimate of drug-likeness (QED) is 0.889. The number of hydrogen-bond donors (Lipinski definition) is 1. The van der Waals surface area contributed by atoms with E-state index in [0.717, 1.165) is 29.7 Å². The van der Waals surface area contributed by atoms with Gasteiger partial charge in [0, 0.05) is 5.92 Å². The van der Waals surface area contributed by atoms with Crippen molar-refractivity contribution in [1.29, 1.82) is 0 Å². The Kier molecular flexibility index (Phi) is 3.33. The van der Waals surface area contributed by atoms with Crippen molar-refractivity contribution in [3.05, 3.63) is 29.3 Å². The molecular formula is C15H20O3. The molecule has 0 aliphatic heterocycles. The number of methoxy groups -OCH3 is 1. The Bertz CT molecular complexity index is 467. The first kappa shape index (κ1) is 12.9. The van der Waals surface area contributed by atoms with E-state index in [0.29, 0.717) is 6.42 Å². The first-order valence-corrected chi connectivity index (χ1v) is 6.43. The lowest BCUT2D eigenvalue weighted by molar-refractivity contribution is -0.148. The van der Waals surface area contributed by atoms with Gasteiger partial charge in [-0.25, -0.2) is 0 Å². The number of carboxylic acids is 1. The van der Waals surface area contributed by atoms with Crippen LogP contribution >= 0.6 is 0 Å². The molecule has 0 fully saturated rings. The summed E-state index contributed by atoms with van der Waals surface area (Å²) in [5, 5.41) is 9.54. The van der Waals surface area contributed by atoms with Crippen molar-refractivity contribution in [3.63, 3.8) is 0 Å². The van der Waals surface area contributed by atoms with Gasteiger partial charge in [0.1, 0.15) is 5.75 Å². The van der Waals surface area contributed by atoms with E-state index >= 15 is 0 Å². The first-order chi connectivity index (χ1) is 8.52. The van der Waals surface area contributed by atoms with Crippen molar-refractivity contribution in [3.8, 4) is 5.75 Å². The summed E-state index contributed by atoms with van der Waals surface area (Å²) in [5.41, 5.74) is 1.63. The van der Waals surface area contributed by atoms with Gasteiger partial charge in [0.2, 0.25) is 0 Å². The highest BCUT2D eigenvalue weighted by atomic mass is 16.5. The predicted molar refractivity (Wildman–Crippen MR) is 70.1 cm³/mol. The van der Waals surface area contributed by atoms with E-state index in [1.54, 1.807) is 7.11 Å². The smallest absolute Gasteiger partial charge is 0.310 e. The van der Waals surface area contributed by atoms with E-state index < -0.39 is 11.4 Å². The van der Waals surface area contributed by atoms with E-state index in [4.69, 9.17) is 4.74 Å². The van der Waals surface area contributed by atoms with Crippen LogP contribution in [0.1, 0.15) is 43.7 Å². The minimum atomic E-state index is -0.698. The Morgan fingerprint density at radius 2 is 2.28 bits per heavy atom. The molecule has 98 valence electrons. The molecule has 3 nitrogen and oxygen atoms in total. The maximum Gasteiger partial charge on any atom is 0.310 e. The third-order valence-electron chi connectivity index (χ3n) is 4.12. The fourth-order valence-corrected chi connectivity index (χ4v) is 3.03. The molecule has 0 unspecified atom stereocenters. The third-order valence-corrected chi connectivity index (χ3v) is 4.12. The molecule has 18 heavy (non-hydrogen) atoms. The van der Waals surface area contributed by atoms with Crippen molar-refractivity contribution in [2.75, 3.05) is 7.11 Å². The topological polar surface area (TPSA) is 46.5 Å². The molecule has 1 aliphatic carbocycles. The van der Waals surface area contributed by atoms with Crippen LogP contribution < -0.4 is 4.74 Å². The molecule has 0 radical (unpaired) electrons. The highest BCUT2D eigenvalue weighted by molar-refractivity contribution is 5.78. The van der Waals surface area contributed by atoms with Gasteiger partial charge in [-0.15, -0.1) is 0 Å². The normalized spacial score (nSPS) is 25.8. The van der Waals surface area contributed by atoms with Crippen molar-refractivity contribution < 1.29 is 14.6 Å². The number of carboxylic acid groups (broad SMARTS) is 1. The van der Waals surface area contributed by atoms with Crippen LogP contribution in [-0.2, 0) is 11.2 Å². The zero-order chi connectivity index (χ0) is 13.3. The van der Waals surface area contributed by atoms with Gasteiger partial charge in [0.25, 0.3) is 0 Å². The van der Waals surface area contributed by atoms with Gasteiger partial charge in [-0.3, -0.25) is 4.79 Å². The molecule has 2 atom stereocenters. The van der Waals surface area contributed by atoms with Gasteiger partial charge in [-0.05, 0) is 43.0 Å². The van der Waals surface area contributed by atoms with Crippen molar-refractivity contribution in [1.82, 2.24) is 0 Å². The molecule has 0 bridgehead atoms. The van der Waals surface area contributed by atoms with Gasteiger partial charge in [-0.2, -0.15) is 0 Å². The fourth-order valence-electron chi connectivity index (χ4n) is 3.03. The number of rotatable bonds is 4. The third kappa shape index (κ3) is 1.88. The van der Waals surface area contributed by atoms with Crippen molar-refractivity contribution in [2.45, 2.75) is 39.0 Å². The summed E-state index contributed by atoms with van der Waals surface area (Å²) in [6, 6.07) is 5.92. The number of fused-ring (bicyclic) bond motifs is 1. The number of aliphatic carboxylic acids is 1. The van der Waals surface area contributed by atoms with Crippen LogP contribution in [0.3, 0.4) is 0 Å². The minimum Gasteiger partial charge on any atom is -0.497 e.